The molecule has 0 unspecified atom stereocenters. The first kappa shape index (κ1) is 14.9. The van der Waals surface area contributed by atoms with Gasteiger partial charge in [-0.3, -0.25) is 0 Å². The third-order valence-corrected chi connectivity index (χ3v) is 4.65. The van der Waals surface area contributed by atoms with E-state index in [0.29, 0.717) is 0 Å². The van der Waals surface area contributed by atoms with Gasteiger partial charge in [-0.2, -0.15) is 0 Å². The highest BCUT2D eigenvalue weighted by molar-refractivity contribution is 7.89. The molecule has 0 spiro atoms. The summed E-state index contributed by atoms with van der Waals surface area (Å²) in [5, 5.41) is 9.30. The van der Waals surface area contributed by atoms with Crippen LogP contribution in [0.5, 0.6) is 0 Å². The Balaban J connectivity index is 2.56. The molecule has 0 bridgehead atoms. The van der Waals surface area contributed by atoms with Crippen LogP contribution >= 0.6 is 0 Å². The van der Waals surface area contributed by atoms with E-state index in [-0.39, 0.29) is 30.9 Å². The maximum Gasteiger partial charge on any atom is 0.214 e. The lowest BCUT2D eigenvalue weighted by Crippen LogP contribution is -2.42. The lowest BCUT2D eigenvalue weighted by molar-refractivity contribution is 0.190. The van der Waals surface area contributed by atoms with E-state index in [1.807, 2.05) is 0 Å². The molecule has 0 aliphatic heterocycles. The second-order valence-electron chi connectivity index (χ2n) is 4.62. The minimum absolute atomic E-state index is 0.0157. The van der Waals surface area contributed by atoms with Gasteiger partial charge >= 0.3 is 0 Å². The Morgan fingerprint density at radius 3 is 2.65 bits per heavy atom. The highest BCUT2D eigenvalue weighted by atomic mass is 32.2. The molecule has 2 atom stereocenters. The van der Waals surface area contributed by atoms with Crippen LogP contribution in [0.2, 0.25) is 0 Å². The Hall–Kier alpha value is -0.170. The van der Waals surface area contributed by atoms with Gasteiger partial charge in [0.15, 0.2) is 0 Å². The van der Waals surface area contributed by atoms with Crippen molar-refractivity contribution in [3.05, 3.63) is 0 Å². The first-order chi connectivity index (χ1) is 8.09. The average molecular weight is 265 g/mol. The van der Waals surface area contributed by atoms with Crippen molar-refractivity contribution in [2.24, 2.45) is 5.92 Å². The Kier molecular flexibility index (Phi) is 6.40. The van der Waals surface area contributed by atoms with E-state index >= 15 is 0 Å². The standard InChI is InChI=1S/C11H23NO4S/c1-16-7-8-17(14,15)12-11-6-4-2-3-5-10(11)9-13/h10-13H,2-9H2,1H3/t10-,11-/m0/s1. The molecule has 102 valence electrons. The molecule has 0 radical (unpaired) electrons. The van der Waals surface area contributed by atoms with Crippen molar-refractivity contribution < 1.29 is 18.3 Å². The molecule has 1 fully saturated rings. The minimum atomic E-state index is -3.29. The Morgan fingerprint density at radius 1 is 1.29 bits per heavy atom. The molecule has 0 amide bonds. The SMILES string of the molecule is COCCS(=O)(=O)N[C@H]1CCCCC[C@H]1CO. The third-order valence-electron chi connectivity index (χ3n) is 3.28. The largest absolute Gasteiger partial charge is 0.396 e. The lowest BCUT2D eigenvalue weighted by Gasteiger charge is -2.24. The van der Waals surface area contributed by atoms with Gasteiger partial charge in [-0.15, -0.1) is 0 Å². The van der Waals surface area contributed by atoms with Gasteiger partial charge in [0.05, 0.1) is 12.4 Å². The van der Waals surface area contributed by atoms with E-state index in [1.54, 1.807) is 0 Å². The Labute approximate surface area is 104 Å². The highest BCUT2D eigenvalue weighted by Crippen LogP contribution is 2.23. The van der Waals surface area contributed by atoms with Gasteiger partial charge in [0.25, 0.3) is 0 Å². The van der Waals surface area contributed by atoms with Crippen molar-refractivity contribution in [2.45, 2.75) is 38.1 Å². The van der Waals surface area contributed by atoms with Gasteiger partial charge in [0.2, 0.25) is 10.0 Å². The molecular weight excluding hydrogens is 242 g/mol. The van der Waals surface area contributed by atoms with Crippen LogP contribution in [-0.4, -0.2) is 45.6 Å². The zero-order valence-electron chi connectivity index (χ0n) is 10.4. The molecule has 6 heteroatoms. The fraction of sp³-hybridized carbons (Fsp3) is 1.00. The van der Waals surface area contributed by atoms with Gasteiger partial charge in [-0.25, -0.2) is 13.1 Å². The number of rotatable bonds is 6. The summed E-state index contributed by atoms with van der Waals surface area (Å²) in [6.07, 6.45) is 4.92. The number of nitrogens with one attached hydrogen (secondary N) is 1. The molecule has 17 heavy (non-hydrogen) atoms. The summed E-state index contributed by atoms with van der Waals surface area (Å²) in [5.74, 6) is 0.0350. The van der Waals surface area contributed by atoms with Crippen LogP contribution in [0.25, 0.3) is 0 Å². The zero-order chi connectivity index (χ0) is 12.7. The molecule has 1 saturated carbocycles. The van der Waals surface area contributed by atoms with Crippen molar-refractivity contribution >= 4 is 10.0 Å². The van der Waals surface area contributed by atoms with Crippen LogP contribution in [0.4, 0.5) is 0 Å². The van der Waals surface area contributed by atoms with Crippen LogP contribution < -0.4 is 4.72 Å². The fourth-order valence-corrected chi connectivity index (χ4v) is 3.52. The summed E-state index contributed by atoms with van der Waals surface area (Å²) < 4.78 is 31.0. The summed E-state index contributed by atoms with van der Waals surface area (Å²) in [7, 11) is -1.80. The van der Waals surface area contributed by atoms with E-state index in [9.17, 15) is 13.5 Å². The van der Waals surface area contributed by atoms with Crippen LogP contribution in [-0.2, 0) is 14.8 Å². The highest BCUT2D eigenvalue weighted by Gasteiger charge is 2.26. The van der Waals surface area contributed by atoms with E-state index in [2.05, 4.69) is 4.72 Å². The van der Waals surface area contributed by atoms with E-state index in [0.717, 1.165) is 32.1 Å². The fourth-order valence-electron chi connectivity index (χ4n) is 2.24. The van der Waals surface area contributed by atoms with Crippen LogP contribution in [0.1, 0.15) is 32.1 Å². The maximum atomic E-state index is 11.8. The number of aliphatic hydroxyl groups excluding tert-OH is 1. The molecule has 0 aromatic rings. The van der Waals surface area contributed by atoms with Crippen LogP contribution in [0.3, 0.4) is 0 Å². The predicted molar refractivity (Wildman–Crippen MR) is 66.2 cm³/mol. The number of aliphatic hydroxyl groups is 1. The lowest BCUT2D eigenvalue weighted by atomic mass is 9.97. The first-order valence-corrected chi connectivity index (χ1v) is 7.84. The molecule has 5 nitrogen and oxygen atoms in total. The summed E-state index contributed by atoms with van der Waals surface area (Å²) in [5.41, 5.74) is 0. The van der Waals surface area contributed by atoms with Crippen LogP contribution in [0, 0.1) is 5.92 Å². The quantitative estimate of drug-likeness (QED) is 0.686. The van der Waals surface area contributed by atoms with Crippen LogP contribution in [0.15, 0.2) is 0 Å². The van der Waals surface area contributed by atoms with E-state index in [4.69, 9.17) is 4.74 Å². The molecule has 0 aromatic heterocycles. The third kappa shape index (κ3) is 5.33. The zero-order valence-corrected chi connectivity index (χ0v) is 11.2. The Bertz CT molecular complexity index is 305. The maximum absolute atomic E-state index is 11.8. The van der Waals surface area contributed by atoms with Gasteiger partial charge in [0, 0.05) is 19.8 Å². The topological polar surface area (TPSA) is 75.6 Å². The molecule has 0 heterocycles. The molecule has 1 aliphatic carbocycles. The van der Waals surface area contributed by atoms with Crippen molar-refractivity contribution in [1.29, 1.82) is 0 Å². The molecule has 0 saturated heterocycles. The summed E-state index contributed by atoms with van der Waals surface area (Å²) in [4.78, 5) is 0. The summed E-state index contributed by atoms with van der Waals surface area (Å²) >= 11 is 0. The van der Waals surface area contributed by atoms with Gasteiger partial charge in [0.1, 0.15) is 0 Å². The molecule has 1 rings (SSSR count). The normalized spacial score (nSPS) is 26.7. The molecule has 1 aliphatic rings. The van der Waals surface area contributed by atoms with Gasteiger partial charge in [-0.1, -0.05) is 19.3 Å². The van der Waals surface area contributed by atoms with E-state index in [1.165, 1.54) is 7.11 Å². The number of sulfonamides is 1. The summed E-state index contributed by atoms with van der Waals surface area (Å²) in [6, 6.07) is -0.121. The van der Waals surface area contributed by atoms with Crippen molar-refractivity contribution in [3.8, 4) is 0 Å². The molecular formula is C11H23NO4S. The van der Waals surface area contributed by atoms with Gasteiger partial charge in [-0.05, 0) is 18.8 Å². The number of methoxy groups -OCH3 is 1. The number of hydrogen-bond acceptors (Lipinski definition) is 4. The second kappa shape index (κ2) is 7.31. The second-order valence-corrected chi connectivity index (χ2v) is 6.49. The predicted octanol–water partition coefficient (Wildman–Crippen LogP) is 0.493. The van der Waals surface area contributed by atoms with Crippen molar-refractivity contribution in [2.75, 3.05) is 26.1 Å². The first-order valence-electron chi connectivity index (χ1n) is 6.19. The number of hydrogen-bond donors (Lipinski definition) is 2. The molecule has 2 N–H and O–H groups in total. The summed E-state index contributed by atoms with van der Waals surface area (Å²) in [6.45, 7) is 0.253. The molecule has 0 aromatic carbocycles. The monoisotopic (exact) mass is 265 g/mol. The van der Waals surface area contributed by atoms with Crippen molar-refractivity contribution in [1.82, 2.24) is 4.72 Å². The smallest absolute Gasteiger partial charge is 0.214 e. The van der Waals surface area contributed by atoms with E-state index < -0.39 is 10.0 Å². The minimum Gasteiger partial charge on any atom is -0.396 e. The van der Waals surface area contributed by atoms with Crippen molar-refractivity contribution in [3.63, 3.8) is 0 Å². The number of ether oxygens (including phenoxy) is 1. The Morgan fingerprint density at radius 2 is 2.00 bits per heavy atom. The van der Waals surface area contributed by atoms with Gasteiger partial charge < -0.3 is 9.84 Å². The average Bonchev–Trinajstić information content (AvgIpc) is 2.51.